The average molecular weight is 318 g/mol. The van der Waals surface area contributed by atoms with Crippen molar-refractivity contribution in [1.29, 1.82) is 0 Å². The maximum atomic E-state index is 12.9. The van der Waals surface area contributed by atoms with Gasteiger partial charge in [-0.25, -0.2) is 4.39 Å². The normalized spacial score (nSPS) is 10.2. The van der Waals surface area contributed by atoms with Crippen LogP contribution in [0.4, 0.5) is 4.39 Å². The van der Waals surface area contributed by atoms with Crippen LogP contribution in [0.15, 0.2) is 60.8 Å². The molecule has 0 spiro atoms. The molecule has 96 valence electrons. The fourth-order valence-electron chi connectivity index (χ4n) is 2.14. The Bertz CT molecular complexity index is 674. The molecule has 0 saturated carbocycles. The number of benzene rings is 2. The van der Waals surface area contributed by atoms with Gasteiger partial charge in [0.05, 0.1) is 5.52 Å². The molecule has 3 heteroatoms. The van der Waals surface area contributed by atoms with E-state index in [0.29, 0.717) is 0 Å². The van der Waals surface area contributed by atoms with Gasteiger partial charge in [-0.3, -0.25) is 4.98 Å². The van der Waals surface area contributed by atoms with E-state index in [1.807, 2.05) is 30.3 Å². The number of rotatable bonds is 2. The zero-order chi connectivity index (χ0) is 12.4. The quantitative estimate of drug-likeness (QED) is 0.676. The first-order chi connectivity index (χ1) is 8.83. The average Bonchev–Trinajstić information content (AvgIpc) is 2.42. The Kier molecular flexibility index (Phi) is 4.27. The molecular weight excluding hydrogens is 305 g/mol. The van der Waals surface area contributed by atoms with Gasteiger partial charge in [-0.1, -0.05) is 30.3 Å². The van der Waals surface area contributed by atoms with E-state index in [9.17, 15) is 4.39 Å². The molecule has 0 atom stereocenters. The molecule has 0 bridgehead atoms. The van der Waals surface area contributed by atoms with Crippen molar-refractivity contribution in [3.63, 3.8) is 0 Å². The largest absolute Gasteiger partial charge is 0.256 e. The Labute approximate surface area is 121 Å². The third kappa shape index (κ3) is 2.99. The predicted octanol–water partition coefficient (Wildman–Crippen LogP) is 4.54. The van der Waals surface area contributed by atoms with E-state index in [1.54, 1.807) is 6.20 Å². The van der Waals surface area contributed by atoms with Crippen LogP contribution in [0.25, 0.3) is 10.9 Å². The summed E-state index contributed by atoms with van der Waals surface area (Å²) in [6.07, 6.45) is 2.59. The van der Waals surface area contributed by atoms with Crippen molar-refractivity contribution in [3.05, 3.63) is 77.7 Å². The molecule has 1 aromatic heterocycles. The van der Waals surface area contributed by atoms with Gasteiger partial charge >= 0.3 is 0 Å². The second kappa shape index (κ2) is 5.93. The summed E-state index contributed by atoms with van der Waals surface area (Å²) >= 11 is 0. The Balaban J connectivity index is 0.00000133. The Morgan fingerprint density at radius 3 is 2.47 bits per heavy atom. The van der Waals surface area contributed by atoms with Crippen LogP contribution in [-0.2, 0) is 6.42 Å². The van der Waals surface area contributed by atoms with Gasteiger partial charge in [0.15, 0.2) is 0 Å². The lowest BCUT2D eigenvalue weighted by Crippen LogP contribution is -1.91. The Morgan fingerprint density at radius 2 is 1.68 bits per heavy atom. The topological polar surface area (TPSA) is 12.9 Å². The summed E-state index contributed by atoms with van der Waals surface area (Å²) in [4.78, 5) is 4.34. The maximum absolute atomic E-state index is 12.9. The lowest BCUT2D eigenvalue weighted by atomic mass is 10.0. The minimum Gasteiger partial charge on any atom is -0.256 e. The van der Waals surface area contributed by atoms with Crippen LogP contribution in [0.2, 0.25) is 0 Å². The maximum Gasteiger partial charge on any atom is 0.123 e. The first-order valence-corrected chi connectivity index (χ1v) is 5.90. The van der Waals surface area contributed by atoms with E-state index in [0.717, 1.165) is 22.9 Å². The van der Waals surface area contributed by atoms with Gasteiger partial charge in [0.25, 0.3) is 0 Å². The van der Waals surface area contributed by atoms with Gasteiger partial charge in [-0.15, -0.1) is 17.0 Å². The van der Waals surface area contributed by atoms with Crippen molar-refractivity contribution in [1.82, 2.24) is 4.98 Å². The van der Waals surface area contributed by atoms with Crippen LogP contribution in [0, 0.1) is 5.82 Å². The lowest BCUT2D eigenvalue weighted by Gasteiger charge is -2.06. The number of aromatic nitrogens is 1. The van der Waals surface area contributed by atoms with Crippen LogP contribution < -0.4 is 0 Å². The zero-order valence-corrected chi connectivity index (χ0v) is 11.9. The summed E-state index contributed by atoms with van der Waals surface area (Å²) < 4.78 is 12.9. The van der Waals surface area contributed by atoms with E-state index < -0.39 is 0 Å². The minimum absolute atomic E-state index is 0. The molecule has 0 aliphatic heterocycles. The molecule has 0 aliphatic rings. The van der Waals surface area contributed by atoms with Crippen LogP contribution in [-0.4, -0.2) is 4.98 Å². The van der Waals surface area contributed by atoms with Crippen molar-refractivity contribution in [2.45, 2.75) is 6.42 Å². The molecule has 0 radical (unpaired) electrons. The summed E-state index contributed by atoms with van der Waals surface area (Å²) in [7, 11) is 0. The van der Waals surface area contributed by atoms with Crippen LogP contribution in [0.3, 0.4) is 0 Å². The molecule has 19 heavy (non-hydrogen) atoms. The van der Waals surface area contributed by atoms with Crippen molar-refractivity contribution < 1.29 is 4.39 Å². The Hall–Kier alpha value is -1.74. The molecule has 0 aliphatic carbocycles. The number of nitrogens with zero attached hydrogens (tertiary/aromatic N) is 1. The highest BCUT2D eigenvalue weighted by atomic mass is 79.9. The summed E-state index contributed by atoms with van der Waals surface area (Å²) in [5.41, 5.74) is 3.32. The molecule has 2 aromatic carbocycles. The minimum atomic E-state index is -0.196. The molecule has 1 nitrogen and oxygen atoms in total. The smallest absolute Gasteiger partial charge is 0.123 e. The second-order valence-electron chi connectivity index (χ2n) is 4.29. The first-order valence-electron chi connectivity index (χ1n) is 5.90. The monoisotopic (exact) mass is 317 g/mol. The van der Waals surface area contributed by atoms with Gasteiger partial charge in [-0.2, -0.15) is 0 Å². The number of hydrogen-bond acceptors (Lipinski definition) is 1. The van der Waals surface area contributed by atoms with Crippen molar-refractivity contribution in [2.24, 2.45) is 0 Å². The first kappa shape index (κ1) is 13.7. The van der Waals surface area contributed by atoms with Gasteiger partial charge in [0.2, 0.25) is 0 Å². The van der Waals surface area contributed by atoms with E-state index in [-0.39, 0.29) is 22.8 Å². The van der Waals surface area contributed by atoms with E-state index in [4.69, 9.17) is 0 Å². The number of pyridine rings is 1. The fraction of sp³-hybridized carbons (Fsp3) is 0.0625. The van der Waals surface area contributed by atoms with E-state index in [2.05, 4.69) is 17.1 Å². The standard InChI is InChI=1S/C16H12FN.BrH/c17-14-8-6-12(7-9-14)11-13-3-1-5-16-15(13)4-2-10-18-16;/h1-10H,11H2;1H. The second-order valence-corrected chi connectivity index (χ2v) is 4.29. The van der Waals surface area contributed by atoms with Gasteiger partial charge in [-0.05, 0) is 41.8 Å². The van der Waals surface area contributed by atoms with Gasteiger partial charge in [0, 0.05) is 11.6 Å². The van der Waals surface area contributed by atoms with Crippen molar-refractivity contribution in [2.75, 3.05) is 0 Å². The highest BCUT2D eigenvalue weighted by molar-refractivity contribution is 8.93. The molecule has 1 heterocycles. The molecule has 0 saturated heterocycles. The zero-order valence-electron chi connectivity index (χ0n) is 10.2. The molecular formula is C16H13BrFN. The lowest BCUT2D eigenvalue weighted by molar-refractivity contribution is 0.627. The van der Waals surface area contributed by atoms with Crippen LogP contribution in [0.1, 0.15) is 11.1 Å². The van der Waals surface area contributed by atoms with E-state index >= 15 is 0 Å². The third-order valence-corrected chi connectivity index (χ3v) is 3.04. The van der Waals surface area contributed by atoms with Crippen LogP contribution in [0.5, 0.6) is 0 Å². The van der Waals surface area contributed by atoms with Crippen LogP contribution >= 0.6 is 17.0 Å². The summed E-state index contributed by atoms with van der Waals surface area (Å²) in [5.74, 6) is -0.196. The predicted molar refractivity (Wildman–Crippen MR) is 81.3 cm³/mol. The number of hydrogen-bond donors (Lipinski definition) is 0. The summed E-state index contributed by atoms with van der Waals surface area (Å²) in [6, 6.07) is 16.8. The molecule has 0 unspecified atom stereocenters. The summed E-state index contributed by atoms with van der Waals surface area (Å²) in [5, 5.41) is 1.16. The highest BCUT2D eigenvalue weighted by Crippen LogP contribution is 2.19. The fourth-order valence-corrected chi connectivity index (χ4v) is 2.14. The van der Waals surface area contributed by atoms with Gasteiger partial charge < -0.3 is 0 Å². The third-order valence-electron chi connectivity index (χ3n) is 3.04. The molecule has 0 amide bonds. The number of halogens is 2. The molecule has 0 fully saturated rings. The SMILES string of the molecule is Br.Fc1ccc(Cc2cccc3ncccc23)cc1. The molecule has 3 rings (SSSR count). The Morgan fingerprint density at radius 1 is 0.895 bits per heavy atom. The number of fused-ring (bicyclic) bond motifs is 1. The van der Waals surface area contributed by atoms with E-state index in [1.165, 1.54) is 17.7 Å². The molecule has 0 N–H and O–H groups in total. The van der Waals surface area contributed by atoms with Crippen molar-refractivity contribution in [3.8, 4) is 0 Å². The van der Waals surface area contributed by atoms with Gasteiger partial charge in [0.1, 0.15) is 5.82 Å². The highest BCUT2D eigenvalue weighted by Gasteiger charge is 2.02. The summed E-state index contributed by atoms with van der Waals surface area (Å²) in [6.45, 7) is 0. The van der Waals surface area contributed by atoms with Crippen molar-refractivity contribution >= 4 is 27.9 Å². The molecule has 3 aromatic rings.